The van der Waals surface area contributed by atoms with E-state index in [2.05, 4.69) is 27.2 Å². The number of nitrogens with one attached hydrogen (secondary N) is 1. The summed E-state index contributed by atoms with van der Waals surface area (Å²) in [6.07, 6.45) is 1.84. The maximum atomic E-state index is 5.37. The molecule has 0 radical (unpaired) electrons. The van der Waals surface area contributed by atoms with Crippen LogP contribution in [0.2, 0.25) is 0 Å². The quantitative estimate of drug-likeness (QED) is 0.558. The number of para-hydroxylation sites is 1. The van der Waals surface area contributed by atoms with Crippen molar-refractivity contribution in [2.75, 3.05) is 0 Å². The van der Waals surface area contributed by atoms with Crippen LogP contribution in [0, 0.1) is 4.77 Å². The van der Waals surface area contributed by atoms with E-state index in [0.717, 1.165) is 34.1 Å². The van der Waals surface area contributed by atoms with E-state index in [-0.39, 0.29) is 0 Å². The van der Waals surface area contributed by atoms with Gasteiger partial charge in [-0.2, -0.15) is 0 Å². The second kappa shape index (κ2) is 4.07. The van der Waals surface area contributed by atoms with Gasteiger partial charge < -0.3 is 9.55 Å². The van der Waals surface area contributed by atoms with Gasteiger partial charge in [-0.05, 0) is 25.2 Å². The Balaban J connectivity index is 2.47. The van der Waals surface area contributed by atoms with Gasteiger partial charge in [-0.15, -0.1) is 0 Å². The minimum absolute atomic E-state index is 0.714. The molecule has 3 aromatic rings. The molecule has 1 aromatic carbocycles. The van der Waals surface area contributed by atoms with Crippen molar-refractivity contribution in [1.29, 1.82) is 0 Å². The number of rotatable bonds is 2. The number of H-pyrrole nitrogens is 1. The van der Waals surface area contributed by atoms with E-state index in [9.17, 15) is 0 Å². The lowest BCUT2D eigenvalue weighted by Crippen LogP contribution is -1.98. The Bertz CT molecular complexity index is 811. The summed E-state index contributed by atoms with van der Waals surface area (Å²) in [5.74, 6) is 0. The van der Waals surface area contributed by atoms with Crippen LogP contribution in [0.15, 0.2) is 42.6 Å². The van der Waals surface area contributed by atoms with Gasteiger partial charge in [0.2, 0.25) is 0 Å². The number of benzene rings is 1. The summed E-state index contributed by atoms with van der Waals surface area (Å²) >= 11 is 5.37. The molecule has 0 unspecified atom stereocenters. The van der Waals surface area contributed by atoms with Gasteiger partial charge >= 0.3 is 0 Å². The number of nitrogens with zero attached hydrogens (tertiary/aromatic N) is 2. The molecule has 0 saturated heterocycles. The third-order valence-corrected chi connectivity index (χ3v) is 3.25. The Labute approximate surface area is 110 Å². The zero-order chi connectivity index (χ0) is 12.7. The Hall–Kier alpha value is -1.94. The summed E-state index contributed by atoms with van der Waals surface area (Å²) in [6, 6.07) is 8.09. The molecular formula is C14H13N3S. The summed E-state index contributed by atoms with van der Waals surface area (Å²) in [4.78, 5) is 7.63. The van der Waals surface area contributed by atoms with Crippen LogP contribution in [0.3, 0.4) is 0 Å². The highest BCUT2D eigenvalue weighted by Gasteiger charge is 2.08. The highest BCUT2D eigenvalue weighted by Crippen LogP contribution is 2.23. The van der Waals surface area contributed by atoms with Gasteiger partial charge in [0.15, 0.2) is 4.77 Å². The monoisotopic (exact) mass is 255 g/mol. The molecule has 1 N–H and O–H groups in total. The third kappa shape index (κ3) is 1.66. The molecule has 0 atom stereocenters. The second-order valence-electron chi connectivity index (χ2n) is 4.51. The average Bonchev–Trinajstić information content (AvgIpc) is 2.66. The Kier molecular flexibility index (Phi) is 2.52. The molecule has 0 spiro atoms. The SMILES string of the molecule is C=C(C)Cn1c(=S)[nH]c2cnc3ccccc3c21. The van der Waals surface area contributed by atoms with Crippen LogP contribution in [0.1, 0.15) is 6.92 Å². The summed E-state index contributed by atoms with van der Waals surface area (Å²) in [5.41, 5.74) is 4.14. The maximum Gasteiger partial charge on any atom is 0.178 e. The fraction of sp³-hybridized carbons (Fsp3) is 0.143. The van der Waals surface area contributed by atoms with Crippen LogP contribution in [0.4, 0.5) is 0 Å². The molecule has 3 rings (SSSR count). The number of allylic oxidation sites excluding steroid dienone is 1. The third-order valence-electron chi connectivity index (χ3n) is 2.93. The van der Waals surface area contributed by atoms with E-state index in [4.69, 9.17) is 12.2 Å². The molecule has 4 heteroatoms. The maximum absolute atomic E-state index is 5.37. The molecular weight excluding hydrogens is 242 g/mol. The van der Waals surface area contributed by atoms with E-state index in [0.29, 0.717) is 4.77 Å². The fourth-order valence-corrected chi connectivity index (χ4v) is 2.48. The van der Waals surface area contributed by atoms with Gasteiger partial charge in [-0.1, -0.05) is 30.4 Å². The topological polar surface area (TPSA) is 33.6 Å². The molecule has 0 aliphatic rings. The van der Waals surface area contributed by atoms with Crippen molar-refractivity contribution >= 4 is 34.2 Å². The molecule has 0 aliphatic heterocycles. The first-order chi connectivity index (χ1) is 8.66. The Morgan fingerprint density at radius 3 is 3.00 bits per heavy atom. The van der Waals surface area contributed by atoms with E-state index in [1.165, 1.54) is 0 Å². The van der Waals surface area contributed by atoms with Gasteiger partial charge in [-0.3, -0.25) is 4.98 Å². The number of pyridine rings is 1. The smallest absolute Gasteiger partial charge is 0.178 e. The summed E-state index contributed by atoms with van der Waals surface area (Å²) in [6.45, 7) is 6.69. The Morgan fingerprint density at radius 1 is 1.44 bits per heavy atom. The largest absolute Gasteiger partial charge is 0.329 e. The zero-order valence-electron chi connectivity index (χ0n) is 10.1. The van der Waals surface area contributed by atoms with Crippen molar-refractivity contribution in [1.82, 2.24) is 14.5 Å². The molecule has 0 amide bonds. The van der Waals surface area contributed by atoms with Gasteiger partial charge in [0.1, 0.15) is 0 Å². The lowest BCUT2D eigenvalue weighted by atomic mass is 10.2. The first kappa shape index (κ1) is 11.2. The predicted molar refractivity (Wildman–Crippen MR) is 77.2 cm³/mol. The molecule has 2 aromatic heterocycles. The molecule has 0 bridgehead atoms. The van der Waals surface area contributed by atoms with Gasteiger partial charge in [0.05, 0.1) is 22.7 Å². The minimum atomic E-state index is 0.714. The van der Waals surface area contributed by atoms with Gasteiger partial charge in [-0.25, -0.2) is 0 Å². The van der Waals surface area contributed by atoms with Crippen molar-refractivity contribution < 1.29 is 0 Å². The van der Waals surface area contributed by atoms with Crippen molar-refractivity contribution in [3.63, 3.8) is 0 Å². The number of aromatic nitrogens is 3. The van der Waals surface area contributed by atoms with Crippen LogP contribution >= 0.6 is 12.2 Å². The number of hydrogen-bond donors (Lipinski definition) is 1. The van der Waals surface area contributed by atoms with E-state index in [1.807, 2.05) is 31.3 Å². The molecule has 0 fully saturated rings. The molecule has 90 valence electrons. The average molecular weight is 255 g/mol. The summed E-state index contributed by atoms with van der Waals surface area (Å²) in [5, 5.41) is 1.11. The number of imidazole rings is 1. The number of fused-ring (bicyclic) bond motifs is 3. The molecule has 3 nitrogen and oxygen atoms in total. The van der Waals surface area contributed by atoms with E-state index in [1.54, 1.807) is 0 Å². The van der Waals surface area contributed by atoms with Crippen LogP contribution in [-0.4, -0.2) is 14.5 Å². The predicted octanol–water partition coefficient (Wildman–Crippen LogP) is 3.82. The summed E-state index contributed by atoms with van der Waals surface area (Å²) in [7, 11) is 0. The number of aromatic amines is 1. The second-order valence-corrected chi connectivity index (χ2v) is 4.90. The first-order valence-electron chi connectivity index (χ1n) is 5.77. The van der Waals surface area contributed by atoms with E-state index < -0.39 is 0 Å². The van der Waals surface area contributed by atoms with Crippen LogP contribution in [0.25, 0.3) is 21.9 Å². The van der Waals surface area contributed by atoms with Crippen LogP contribution in [0.5, 0.6) is 0 Å². The Morgan fingerprint density at radius 2 is 2.22 bits per heavy atom. The first-order valence-corrected chi connectivity index (χ1v) is 6.18. The lowest BCUT2D eigenvalue weighted by molar-refractivity contribution is 0.800. The minimum Gasteiger partial charge on any atom is -0.329 e. The molecule has 0 aliphatic carbocycles. The van der Waals surface area contributed by atoms with Gasteiger partial charge in [0.25, 0.3) is 0 Å². The van der Waals surface area contributed by atoms with Gasteiger partial charge in [0, 0.05) is 11.9 Å². The lowest BCUT2D eigenvalue weighted by Gasteiger charge is -2.06. The van der Waals surface area contributed by atoms with E-state index >= 15 is 0 Å². The van der Waals surface area contributed by atoms with Crippen LogP contribution < -0.4 is 0 Å². The molecule has 2 heterocycles. The summed E-state index contributed by atoms with van der Waals surface area (Å²) < 4.78 is 2.79. The zero-order valence-corrected chi connectivity index (χ0v) is 10.9. The van der Waals surface area contributed by atoms with Crippen molar-refractivity contribution in [3.05, 3.63) is 47.4 Å². The highest BCUT2D eigenvalue weighted by molar-refractivity contribution is 7.71. The standard InChI is InChI=1S/C14H13N3S/c1-9(2)8-17-13-10-5-3-4-6-11(10)15-7-12(13)16-14(17)18/h3-7H,1,8H2,2H3,(H,16,18). The van der Waals surface area contributed by atoms with Crippen molar-refractivity contribution in [2.24, 2.45) is 0 Å². The highest BCUT2D eigenvalue weighted by atomic mass is 32.1. The van der Waals surface area contributed by atoms with Crippen LogP contribution in [-0.2, 0) is 6.54 Å². The molecule has 18 heavy (non-hydrogen) atoms. The fourth-order valence-electron chi connectivity index (χ4n) is 2.21. The van der Waals surface area contributed by atoms with Crippen molar-refractivity contribution in [3.8, 4) is 0 Å². The molecule has 0 saturated carbocycles. The number of hydrogen-bond acceptors (Lipinski definition) is 2. The van der Waals surface area contributed by atoms with Crippen molar-refractivity contribution in [2.45, 2.75) is 13.5 Å². The normalized spacial score (nSPS) is 11.2.